The number of ether oxygens (including phenoxy) is 2. The van der Waals surface area contributed by atoms with Crippen molar-refractivity contribution in [3.63, 3.8) is 0 Å². The summed E-state index contributed by atoms with van der Waals surface area (Å²) in [5, 5.41) is 3.02. The van der Waals surface area contributed by atoms with E-state index in [4.69, 9.17) is 9.47 Å². The molecule has 1 unspecified atom stereocenters. The van der Waals surface area contributed by atoms with E-state index < -0.39 is 5.54 Å². The van der Waals surface area contributed by atoms with Gasteiger partial charge in [-0.1, -0.05) is 13.8 Å². The van der Waals surface area contributed by atoms with Crippen LogP contribution in [0.15, 0.2) is 0 Å². The number of likely N-dealkylation sites (N-methyl/N-ethyl adjacent to an activating group) is 1. The number of rotatable bonds is 10. The van der Waals surface area contributed by atoms with Crippen LogP contribution in [0.2, 0.25) is 0 Å². The van der Waals surface area contributed by atoms with Crippen molar-refractivity contribution >= 4 is 5.97 Å². The summed E-state index contributed by atoms with van der Waals surface area (Å²) in [7, 11) is 1.77. The number of nitrogens with one attached hydrogen (secondary N) is 1. The molecule has 0 aliphatic carbocycles. The van der Waals surface area contributed by atoms with E-state index >= 15 is 0 Å². The van der Waals surface area contributed by atoms with Crippen LogP contribution >= 0.6 is 0 Å². The molecule has 4 heteroatoms. The minimum absolute atomic E-state index is 0.210. The second-order valence-corrected chi connectivity index (χ2v) is 5.20. The largest absolute Gasteiger partial charge is 0.465 e. The number of carbonyl (C=O) groups is 1. The Bertz CT molecular complexity index is 231. The molecule has 0 fully saturated rings. The molecule has 0 bridgehead atoms. The maximum atomic E-state index is 11.8. The molecule has 0 aliphatic heterocycles. The Morgan fingerprint density at radius 1 is 1.33 bits per heavy atom. The van der Waals surface area contributed by atoms with Gasteiger partial charge in [-0.15, -0.1) is 0 Å². The Morgan fingerprint density at radius 3 is 2.50 bits per heavy atom. The van der Waals surface area contributed by atoms with Gasteiger partial charge in [0.25, 0.3) is 0 Å². The number of hydrogen-bond donors (Lipinski definition) is 1. The Morgan fingerprint density at radius 2 is 2.00 bits per heavy atom. The van der Waals surface area contributed by atoms with Gasteiger partial charge in [-0.2, -0.15) is 0 Å². The molecule has 0 rings (SSSR count). The molecule has 0 aromatic carbocycles. The van der Waals surface area contributed by atoms with E-state index in [0.717, 1.165) is 18.9 Å². The van der Waals surface area contributed by atoms with E-state index in [-0.39, 0.29) is 5.97 Å². The summed E-state index contributed by atoms with van der Waals surface area (Å²) in [5.74, 6) is 0.508. The summed E-state index contributed by atoms with van der Waals surface area (Å²) in [6.07, 6.45) is 2.89. The lowest BCUT2D eigenvalue weighted by Crippen LogP contribution is -2.49. The highest BCUT2D eigenvalue weighted by atomic mass is 16.5. The van der Waals surface area contributed by atoms with Crippen molar-refractivity contribution in [2.75, 3.05) is 26.9 Å². The summed E-state index contributed by atoms with van der Waals surface area (Å²) < 4.78 is 10.6. The van der Waals surface area contributed by atoms with Gasteiger partial charge in [-0.25, -0.2) is 0 Å². The van der Waals surface area contributed by atoms with E-state index in [1.807, 2.05) is 13.8 Å². The molecule has 0 radical (unpaired) electrons. The van der Waals surface area contributed by atoms with Crippen LogP contribution in [0.1, 0.15) is 47.0 Å². The van der Waals surface area contributed by atoms with Crippen molar-refractivity contribution in [3.8, 4) is 0 Å². The summed E-state index contributed by atoms with van der Waals surface area (Å²) in [4.78, 5) is 11.8. The van der Waals surface area contributed by atoms with Crippen LogP contribution in [0.4, 0.5) is 0 Å². The van der Waals surface area contributed by atoms with Crippen molar-refractivity contribution in [2.24, 2.45) is 5.92 Å². The zero-order valence-electron chi connectivity index (χ0n) is 12.5. The molecular weight excluding hydrogens is 230 g/mol. The van der Waals surface area contributed by atoms with Gasteiger partial charge >= 0.3 is 5.97 Å². The van der Waals surface area contributed by atoms with Crippen LogP contribution in [0.5, 0.6) is 0 Å². The van der Waals surface area contributed by atoms with E-state index in [1.165, 1.54) is 6.42 Å². The second kappa shape index (κ2) is 9.34. The average Bonchev–Trinajstić information content (AvgIpc) is 2.33. The van der Waals surface area contributed by atoms with Gasteiger partial charge in [-0.3, -0.25) is 4.79 Å². The quantitative estimate of drug-likeness (QED) is 0.483. The van der Waals surface area contributed by atoms with Gasteiger partial charge in [0.15, 0.2) is 0 Å². The van der Waals surface area contributed by atoms with Gasteiger partial charge in [0, 0.05) is 13.2 Å². The molecule has 0 heterocycles. The molecule has 0 aromatic rings. The van der Waals surface area contributed by atoms with Gasteiger partial charge in [0.2, 0.25) is 0 Å². The molecule has 0 aliphatic rings. The lowest BCUT2D eigenvalue weighted by Gasteiger charge is -2.26. The minimum atomic E-state index is -0.645. The molecular formula is C14H29NO3. The minimum Gasteiger partial charge on any atom is -0.465 e. The van der Waals surface area contributed by atoms with Gasteiger partial charge in [0.05, 0.1) is 6.61 Å². The molecule has 1 atom stereocenters. The topological polar surface area (TPSA) is 47.6 Å². The lowest BCUT2D eigenvalue weighted by molar-refractivity contribution is -0.151. The smallest absolute Gasteiger partial charge is 0.326 e. The summed E-state index contributed by atoms with van der Waals surface area (Å²) >= 11 is 0. The predicted octanol–water partition coefficient (Wildman–Crippen LogP) is 2.37. The van der Waals surface area contributed by atoms with Crippen LogP contribution in [0.3, 0.4) is 0 Å². The van der Waals surface area contributed by atoms with Crippen LogP contribution in [0.25, 0.3) is 0 Å². The van der Waals surface area contributed by atoms with Gasteiger partial charge in [-0.05, 0) is 46.1 Å². The Balaban J connectivity index is 3.82. The first-order valence-electron chi connectivity index (χ1n) is 6.90. The summed E-state index contributed by atoms with van der Waals surface area (Å²) in [6.45, 7) is 9.83. The highest BCUT2D eigenvalue weighted by Gasteiger charge is 2.32. The number of esters is 1. The molecule has 18 heavy (non-hydrogen) atoms. The van der Waals surface area contributed by atoms with Gasteiger partial charge < -0.3 is 14.8 Å². The zero-order chi connectivity index (χ0) is 14.0. The third-order valence-corrected chi connectivity index (χ3v) is 3.09. The maximum absolute atomic E-state index is 11.8. The molecule has 0 saturated heterocycles. The molecule has 1 N–H and O–H groups in total. The normalized spacial score (nSPS) is 14.6. The first kappa shape index (κ1) is 17.4. The van der Waals surface area contributed by atoms with Crippen molar-refractivity contribution in [2.45, 2.75) is 52.5 Å². The fraction of sp³-hybridized carbons (Fsp3) is 0.929. The first-order chi connectivity index (χ1) is 8.46. The third kappa shape index (κ3) is 6.97. The monoisotopic (exact) mass is 259 g/mol. The van der Waals surface area contributed by atoms with Gasteiger partial charge in [0.1, 0.15) is 5.54 Å². The second-order valence-electron chi connectivity index (χ2n) is 5.20. The fourth-order valence-electron chi connectivity index (χ4n) is 1.59. The highest BCUT2D eigenvalue weighted by molar-refractivity contribution is 5.80. The first-order valence-corrected chi connectivity index (χ1v) is 6.90. The van der Waals surface area contributed by atoms with Crippen LogP contribution in [-0.2, 0) is 14.3 Å². The van der Waals surface area contributed by atoms with Crippen LogP contribution < -0.4 is 5.32 Å². The van der Waals surface area contributed by atoms with Crippen molar-refractivity contribution in [1.29, 1.82) is 0 Å². The van der Waals surface area contributed by atoms with Crippen molar-refractivity contribution in [3.05, 3.63) is 0 Å². The Hall–Kier alpha value is -0.610. The molecule has 4 nitrogen and oxygen atoms in total. The molecule has 108 valence electrons. The highest BCUT2D eigenvalue weighted by Crippen LogP contribution is 2.12. The molecule has 0 amide bonds. The summed E-state index contributed by atoms with van der Waals surface area (Å²) in [5.41, 5.74) is -0.645. The lowest BCUT2D eigenvalue weighted by atomic mass is 9.99. The molecule has 0 spiro atoms. The van der Waals surface area contributed by atoms with E-state index in [2.05, 4.69) is 19.2 Å². The van der Waals surface area contributed by atoms with E-state index in [0.29, 0.717) is 19.6 Å². The van der Waals surface area contributed by atoms with E-state index in [1.54, 1.807) is 7.05 Å². The molecule has 0 saturated carbocycles. The molecule has 0 aromatic heterocycles. The Kier molecular flexibility index (Phi) is 9.02. The van der Waals surface area contributed by atoms with E-state index in [9.17, 15) is 4.79 Å². The SMILES string of the molecule is CCOC(=O)C(C)(CCOCCCC(C)C)NC. The third-order valence-electron chi connectivity index (χ3n) is 3.09. The van der Waals surface area contributed by atoms with Crippen molar-refractivity contribution in [1.82, 2.24) is 5.32 Å². The van der Waals surface area contributed by atoms with Crippen molar-refractivity contribution < 1.29 is 14.3 Å². The standard InChI is InChI=1S/C14H29NO3/c1-6-18-13(16)14(4,15-5)9-11-17-10-7-8-12(2)3/h12,15H,6-11H2,1-5H3. The number of carbonyl (C=O) groups excluding carboxylic acids is 1. The van der Waals surface area contributed by atoms with Crippen LogP contribution in [-0.4, -0.2) is 38.4 Å². The number of hydrogen-bond acceptors (Lipinski definition) is 4. The fourth-order valence-corrected chi connectivity index (χ4v) is 1.59. The zero-order valence-corrected chi connectivity index (χ0v) is 12.5. The average molecular weight is 259 g/mol. The van der Waals surface area contributed by atoms with Crippen LogP contribution in [0, 0.1) is 5.92 Å². The summed E-state index contributed by atoms with van der Waals surface area (Å²) in [6, 6.07) is 0. The maximum Gasteiger partial charge on any atom is 0.326 e. The Labute approximate surface area is 111 Å². The predicted molar refractivity (Wildman–Crippen MR) is 73.6 cm³/mol.